The quantitative estimate of drug-likeness (QED) is 0.124. The Morgan fingerprint density at radius 1 is 0.703 bits per heavy atom. The summed E-state index contributed by atoms with van der Waals surface area (Å²) in [5, 5.41) is 85.8. The number of ether oxygens (including phenoxy) is 7. The van der Waals surface area contributed by atoms with Crippen molar-refractivity contribution in [3.05, 3.63) is 0 Å². The van der Waals surface area contributed by atoms with Crippen molar-refractivity contribution < 1.29 is 83.6 Å². The summed E-state index contributed by atoms with van der Waals surface area (Å²) < 4.78 is 43.0. The van der Waals surface area contributed by atoms with Crippen LogP contribution in [0.25, 0.3) is 0 Å². The molecule has 9 fully saturated rings. The van der Waals surface area contributed by atoms with Gasteiger partial charge in [0.05, 0.1) is 43.0 Å². The Morgan fingerprint density at radius 3 is 2.11 bits per heavy atom. The van der Waals surface area contributed by atoms with Crippen LogP contribution in [0.3, 0.4) is 0 Å². The minimum absolute atomic E-state index is 0.0307. The van der Waals surface area contributed by atoms with Gasteiger partial charge in [-0.15, -0.1) is 0 Å². The average molecular weight is 911 g/mol. The van der Waals surface area contributed by atoms with Gasteiger partial charge in [0.25, 0.3) is 0 Å². The molecule has 0 aromatic rings. The molecule has 5 aliphatic carbocycles. The Hall–Kier alpha value is -1.26. The fourth-order valence-corrected chi connectivity index (χ4v) is 15.9. The molecule has 24 atom stereocenters. The highest BCUT2D eigenvalue weighted by Gasteiger charge is 2.80. The third-order valence-corrected chi connectivity index (χ3v) is 19.9. The number of carbonyl (C=O) groups excluding carboxylic acids is 2. The van der Waals surface area contributed by atoms with E-state index in [-0.39, 0.29) is 40.8 Å². The van der Waals surface area contributed by atoms with Crippen molar-refractivity contribution in [1.82, 2.24) is 0 Å². The summed E-state index contributed by atoms with van der Waals surface area (Å²) in [5.74, 6) is 0.893. The number of ketones is 1. The number of Topliss-reactive ketones (excluding diaryl/α,β-unsaturated/α-hetero) is 1. The molecule has 9 aliphatic rings. The molecule has 4 heterocycles. The van der Waals surface area contributed by atoms with Crippen LogP contribution in [0.2, 0.25) is 0 Å². The van der Waals surface area contributed by atoms with Crippen molar-refractivity contribution in [1.29, 1.82) is 0 Å². The number of hydrogen-bond donors (Lipinski definition) is 8. The van der Waals surface area contributed by atoms with E-state index in [0.29, 0.717) is 44.0 Å². The lowest BCUT2D eigenvalue weighted by Gasteiger charge is -2.74. The summed E-state index contributed by atoms with van der Waals surface area (Å²) in [7, 11) is 0. The third kappa shape index (κ3) is 6.64. The molecule has 17 heteroatoms. The molecular formula is C47H74O17. The number of aldehydes is 1. The van der Waals surface area contributed by atoms with E-state index in [1.165, 1.54) is 6.92 Å². The van der Waals surface area contributed by atoms with Crippen molar-refractivity contribution in [3.8, 4) is 0 Å². The zero-order valence-electron chi connectivity index (χ0n) is 38.4. The van der Waals surface area contributed by atoms with E-state index >= 15 is 0 Å². The minimum Gasteiger partial charge on any atom is -0.394 e. The summed E-state index contributed by atoms with van der Waals surface area (Å²) in [6, 6.07) is 0. The van der Waals surface area contributed by atoms with Crippen LogP contribution in [0.5, 0.6) is 0 Å². The second-order valence-corrected chi connectivity index (χ2v) is 23.2. The number of fused-ring (bicyclic) bond motifs is 4. The van der Waals surface area contributed by atoms with Crippen molar-refractivity contribution in [2.45, 2.75) is 210 Å². The van der Waals surface area contributed by atoms with Gasteiger partial charge in [-0.2, -0.15) is 0 Å². The molecule has 9 rings (SSSR count). The summed E-state index contributed by atoms with van der Waals surface area (Å²) in [4.78, 5) is 27.0. The Labute approximate surface area is 375 Å². The Balaban J connectivity index is 0.883. The fraction of sp³-hybridized carbons (Fsp3) is 0.957. The summed E-state index contributed by atoms with van der Waals surface area (Å²) in [5.41, 5.74) is -2.46. The first-order chi connectivity index (χ1) is 30.0. The van der Waals surface area contributed by atoms with Crippen LogP contribution in [-0.2, 0) is 42.7 Å². The molecule has 4 aliphatic heterocycles. The Morgan fingerprint density at radius 2 is 1.41 bits per heavy atom. The summed E-state index contributed by atoms with van der Waals surface area (Å²) in [6.45, 7) is 14.6. The van der Waals surface area contributed by atoms with Crippen LogP contribution in [0.4, 0.5) is 0 Å². The molecule has 0 radical (unpaired) electrons. The molecular weight excluding hydrogens is 837 g/mol. The second kappa shape index (κ2) is 16.2. The largest absolute Gasteiger partial charge is 0.394 e. The first-order valence-electron chi connectivity index (χ1n) is 23.9. The molecule has 364 valence electrons. The van der Waals surface area contributed by atoms with Gasteiger partial charge in [-0.1, -0.05) is 41.5 Å². The van der Waals surface area contributed by atoms with Gasteiger partial charge in [-0.25, -0.2) is 0 Å². The lowest BCUT2D eigenvalue weighted by Crippen LogP contribution is -2.73. The second-order valence-electron chi connectivity index (χ2n) is 23.2. The summed E-state index contributed by atoms with van der Waals surface area (Å²) >= 11 is 0. The van der Waals surface area contributed by atoms with Crippen molar-refractivity contribution >= 4 is 12.1 Å². The fourth-order valence-electron chi connectivity index (χ4n) is 15.9. The molecule has 17 nitrogen and oxygen atoms in total. The van der Waals surface area contributed by atoms with Gasteiger partial charge >= 0.3 is 0 Å². The van der Waals surface area contributed by atoms with E-state index in [1.54, 1.807) is 0 Å². The maximum Gasteiger partial charge on any atom is 0.187 e. The molecule has 0 unspecified atom stereocenters. The van der Waals surface area contributed by atoms with Crippen molar-refractivity contribution in [3.63, 3.8) is 0 Å². The number of aliphatic hydroxyl groups is 8. The third-order valence-electron chi connectivity index (χ3n) is 19.9. The molecule has 64 heavy (non-hydrogen) atoms. The number of carbonyl (C=O) groups is 2. The van der Waals surface area contributed by atoms with Crippen molar-refractivity contribution in [2.24, 2.45) is 50.2 Å². The van der Waals surface area contributed by atoms with Gasteiger partial charge in [0.1, 0.15) is 73.1 Å². The van der Waals surface area contributed by atoms with Crippen LogP contribution in [-0.4, -0.2) is 170 Å². The zero-order valence-corrected chi connectivity index (χ0v) is 38.4. The Bertz CT molecular complexity index is 1780. The van der Waals surface area contributed by atoms with Crippen LogP contribution in [0, 0.1) is 50.2 Å². The SMILES string of the molecule is C[C@@H]1O[C@@H](O[C@H]2[C@H](O[C@H]3CO[C@@H](O[C@H]4CC[C@@]5(C)[C@H](CC[C@]6(C)[C@@H]5CC[C@]57OC[C@@]8(CC[C@](C)(C=O)C[C@@H]85)C(=O)C[C@]76C)C4(C)C)[C@H](O)[C@H]3O)O[C@H](CO)[C@@H](O)[C@@H]2O)[C@H](O)[C@H](O)[C@H]1O. The van der Waals surface area contributed by atoms with Gasteiger partial charge < -0.3 is 78.8 Å². The number of aliphatic hydroxyl groups excluding tert-OH is 8. The van der Waals surface area contributed by atoms with Gasteiger partial charge in [-0.05, 0) is 92.8 Å². The van der Waals surface area contributed by atoms with Gasteiger partial charge in [0.15, 0.2) is 18.9 Å². The molecule has 5 saturated carbocycles. The number of rotatable bonds is 8. The predicted octanol–water partition coefficient (Wildman–Crippen LogP) is 0.879. The topological polar surface area (TPSA) is 261 Å². The lowest BCUT2D eigenvalue weighted by molar-refractivity contribution is -0.382. The van der Waals surface area contributed by atoms with E-state index in [9.17, 15) is 50.4 Å². The van der Waals surface area contributed by atoms with Crippen LogP contribution >= 0.6 is 0 Å². The van der Waals surface area contributed by atoms with Gasteiger partial charge in [0, 0.05) is 23.2 Å². The number of hydrogen-bond acceptors (Lipinski definition) is 17. The van der Waals surface area contributed by atoms with E-state index in [4.69, 9.17) is 33.2 Å². The molecule has 0 aromatic carbocycles. The molecule has 0 amide bonds. The van der Waals surface area contributed by atoms with Crippen LogP contribution < -0.4 is 0 Å². The van der Waals surface area contributed by atoms with Gasteiger partial charge in [0.2, 0.25) is 0 Å². The smallest absolute Gasteiger partial charge is 0.187 e. The zero-order chi connectivity index (χ0) is 46.3. The van der Waals surface area contributed by atoms with E-state index < -0.39 is 114 Å². The molecule has 2 bridgehead atoms. The van der Waals surface area contributed by atoms with E-state index in [1.807, 2.05) is 0 Å². The molecule has 0 aromatic heterocycles. The van der Waals surface area contributed by atoms with Crippen LogP contribution in [0.1, 0.15) is 113 Å². The highest BCUT2D eigenvalue weighted by atomic mass is 16.8. The first-order valence-corrected chi connectivity index (χ1v) is 23.9. The lowest BCUT2D eigenvalue weighted by atomic mass is 9.30. The highest BCUT2D eigenvalue weighted by molar-refractivity contribution is 5.89. The van der Waals surface area contributed by atoms with Crippen molar-refractivity contribution in [2.75, 3.05) is 19.8 Å². The average Bonchev–Trinajstić information content (AvgIpc) is 3.53. The normalized spacial score (nSPS) is 58.1. The predicted molar refractivity (Wildman–Crippen MR) is 222 cm³/mol. The van der Waals surface area contributed by atoms with E-state index in [2.05, 4.69) is 41.5 Å². The standard InChI is InChI=1S/C47H74O17/c1-22-30(51)33(54)36(57)39(60-22)64-37-34(55)31(52)23(18-48)61-40(37)62-24-19-58-38(35(56)32(24)53)63-29-10-11-43(5)25(41(29,2)3)8-12-44(6)26(43)9-13-47-27-16-42(4,20-49)14-15-46(27,21-59-47)28(50)17-45(44,47)7/h20,22-27,29-40,48,51-57H,8-19,21H2,1-7H3/t22-,23+,24-,25+,26+,27-,29-,30-,31+,32-,33+,34-,35+,36+,37+,38-,39-,40-,42-,43-,44+,45-,46+,47-/m0/s1. The Kier molecular flexibility index (Phi) is 12.1. The highest BCUT2D eigenvalue weighted by Crippen LogP contribution is 2.80. The summed E-state index contributed by atoms with van der Waals surface area (Å²) in [6.07, 6.45) is -12.4. The maximum absolute atomic E-state index is 14.5. The first kappa shape index (κ1) is 47.8. The minimum atomic E-state index is -1.76. The monoisotopic (exact) mass is 910 g/mol. The molecule has 8 N–H and O–H groups in total. The van der Waals surface area contributed by atoms with Gasteiger partial charge in [-0.3, -0.25) is 4.79 Å². The van der Waals surface area contributed by atoms with E-state index in [0.717, 1.165) is 44.8 Å². The molecule has 1 spiro atoms. The molecule has 4 saturated heterocycles. The van der Waals surface area contributed by atoms with Crippen LogP contribution in [0.15, 0.2) is 0 Å². The maximum atomic E-state index is 14.5.